The second-order valence-corrected chi connectivity index (χ2v) is 9.41. The highest BCUT2D eigenvalue weighted by atomic mass is 19.1. The highest BCUT2D eigenvalue weighted by Crippen LogP contribution is 2.41. The molecular weight excluding hydrogens is 451 g/mol. The molecule has 0 amide bonds. The minimum absolute atomic E-state index is 0.0711. The number of fused-ring (bicyclic) bond motifs is 5. The Kier molecular flexibility index (Phi) is 5.76. The molecule has 2 aromatic heterocycles. The summed E-state index contributed by atoms with van der Waals surface area (Å²) in [7, 11) is 0. The average Bonchev–Trinajstić information content (AvgIpc) is 3.21. The fourth-order valence-electron chi connectivity index (χ4n) is 5.60. The van der Waals surface area contributed by atoms with Crippen LogP contribution in [-0.2, 0) is 41.1 Å². The van der Waals surface area contributed by atoms with Crippen LogP contribution in [0.5, 0.6) is 0 Å². The molecule has 7 nitrogen and oxygen atoms in total. The molecule has 184 valence electrons. The van der Waals surface area contributed by atoms with E-state index in [-0.39, 0.29) is 42.1 Å². The maximum Gasteiger partial charge on any atom is 0.343 e. The van der Waals surface area contributed by atoms with Gasteiger partial charge in [0.25, 0.3) is 5.56 Å². The number of aliphatic hydroxyl groups excluding tert-OH is 1. The largest absolute Gasteiger partial charge is 0.458 e. The molecule has 0 unspecified atom stereocenters. The number of pyridine rings is 2. The first-order valence-electron chi connectivity index (χ1n) is 12.2. The number of ether oxygens (including phenoxy) is 1. The topological polar surface area (TPSA) is 102 Å². The number of benzene rings is 1. The fourth-order valence-corrected chi connectivity index (χ4v) is 5.60. The van der Waals surface area contributed by atoms with Crippen molar-refractivity contribution >= 4 is 16.9 Å². The van der Waals surface area contributed by atoms with E-state index in [1.54, 1.807) is 24.5 Å². The normalized spacial score (nSPS) is 18.4. The molecule has 0 bridgehead atoms. The van der Waals surface area contributed by atoms with Crippen molar-refractivity contribution in [1.82, 2.24) is 9.55 Å². The Bertz CT molecular complexity index is 1440. The Morgan fingerprint density at radius 1 is 1.17 bits per heavy atom. The second-order valence-electron chi connectivity index (χ2n) is 9.41. The lowest BCUT2D eigenvalue weighted by Gasteiger charge is -2.31. The van der Waals surface area contributed by atoms with Gasteiger partial charge in [-0.15, -0.1) is 0 Å². The van der Waals surface area contributed by atoms with Gasteiger partial charge in [-0.25, -0.2) is 14.2 Å². The van der Waals surface area contributed by atoms with Gasteiger partial charge in [0.05, 0.1) is 29.0 Å². The van der Waals surface area contributed by atoms with E-state index in [1.165, 1.54) is 6.07 Å². The average molecular weight is 481 g/mol. The van der Waals surface area contributed by atoms with Crippen molar-refractivity contribution in [3.8, 4) is 11.4 Å². The molecule has 0 radical (unpaired) electrons. The van der Waals surface area contributed by atoms with Crippen LogP contribution >= 0.6 is 0 Å². The number of rotatable bonds is 6. The summed E-state index contributed by atoms with van der Waals surface area (Å²) < 4.78 is 21.7. The SMILES string of the molecule is CCc1c2c(nc3cc(F)c(C)c(CCCCO)c13)-c1cc3c(c(=O)n1C2)COC(=O)[C@]3(O)CC. The standard InChI is InChI=1S/C27H29FN2O5/c1-4-15-17-12-30-22(10-19-18(25(30)32)13-35-26(33)27(19,34)5-2)24(17)29-21-11-20(28)14(3)16(23(15)21)8-6-7-9-31/h10-11,31,34H,4-9,12-13H2,1-3H3/t27-/m0/s1. The quantitative estimate of drug-likeness (QED) is 0.324. The minimum atomic E-state index is -1.89. The number of aryl methyl sites for hydroxylation is 2. The number of unbranched alkanes of at least 4 members (excludes halogenated alkanes) is 1. The second kappa shape index (κ2) is 8.53. The summed E-state index contributed by atoms with van der Waals surface area (Å²) in [6, 6.07) is 3.12. The zero-order valence-electron chi connectivity index (χ0n) is 20.2. The third-order valence-corrected chi connectivity index (χ3v) is 7.61. The summed E-state index contributed by atoms with van der Waals surface area (Å²) in [4.78, 5) is 30.7. The van der Waals surface area contributed by atoms with Crippen LogP contribution < -0.4 is 5.56 Å². The van der Waals surface area contributed by atoms with Gasteiger partial charge in [-0.2, -0.15) is 0 Å². The Morgan fingerprint density at radius 3 is 2.63 bits per heavy atom. The lowest BCUT2D eigenvalue weighted by atomic mass is 9.86. The zero-order valence-corrected chi connectivity index (χ0v) is 20.2. The van der Waals surface area contributed by atoms with Gasteiger partial charge in [0.2, 0.25) is 0 Å². The van der Waals surface area contributed by atoms with Gasteiger partial charge in [-0.05, 0) is 61.8 Å². The number of hydrogen-bond donors (Lipinski definition) is 2. The Hall–Kier alpha value is -3.10. The lowest BCUT2D eigenvalue weighted by molar-refractivity contribution is -0.172. The van der Waals surface area contributed by atoms with Crippen molar-refractivity contribution in [3.63, 3.8) is 0 Å². The first kappa shape index (κ1) is 23.6. The predicted molar refractivity (Wildman–Crippen MR) is 129 cm³/mol. The van der Waals surface area contributed by atoms with Crippen molar-refractivity contribution in [2.75, 3.05) is 6.61 Å². The van der Waals surface area contributed by atoms with E-state index < -0.39 is 11.6 Å². The van der Waals surface area contributed by atoms with Gasteiger partial charge in [0.15, 0.2) is 5.60 Å². The van der Waals surface area contributed by atoms with Crippen LogP contribution in [0.3, 0.4) is 0 Å². The molecule has 2 aliphatic heterocycles. The predicted octanol–water partition coefficient (Wildman–Crippen LogP) is 3.40. The van der Waals surface area contributed by atoms with Gasteiger partial charge in [0.1, 0.15) is 12.4 Å². The number of aliphatic hydroxyl groups is 2. The molecule has 3 aromatic rings. The first-order valence-corrected chi connectivity index (χ1v) is 12.2. The maximum absolute atomic E-state index is 15.0. The number of esters is 1. The molecule has 0 spiro atoms. The van der Waals surface area contributed by atoms with E-state index in [2.05, 4.69) is 0 Å². The van der Waals surface area contributed by atoms with E-state index in [0.717, 1.165) is 28.5 Å². The van der Waals surface area contributed by atoms with E-state index in [0.29, 0.717) is 48.3 Å². The van der Waals surface area contributed by atoms with Crippen molar-refractivity contribution < 1.29 is 24.1 Å². The number of cyclic esters (lactones) is 1. The van der Waals surface area contributed by atoms with E-state index >= 15 is 0 Å². The van der Waals surface area contributed by atoms with Gasteiger partial charge in [0, 0.05) is 29.2 Å². The maximum atomic E-state index is 15.0. The third-order valence-electron chi connectivity index (χ3n) is 7.61. The first-order chi connectivity index (χ1) is 16.8. The number of aromatic nitrogens is 2. The van der Waals surface area contributed by atoms with Crippen molar-refractivity contribution in [2.45, 2.75) is 71.6 Å². The van der Waals surface area contributed by atoms with Crippen LogP contribution in [0.2, 0.25) is 0 Å². The fraction of sp³-hybridized carbons (Fsp3) is 0.444. The summed E-state index contributed by atoms with van der Waals surface area (Å²) in [6.07, 6.45) is 2.72. The molecule has 35 heavy (non-hydrogen) atoms. The Balaban J connectivity index is 1.79. The number of carbonyl (C=O) groups is 1. The number of nitrogens with zero attached hydrogens (tertiary/aromatic N) is 2. The van der Waals surface area contributed by atoms with Gasteiger partial charge < -0.3 is 19.5 Å². The number of hydrogen-bond acceptors (Lipinski definition) is 6. The van der Waals surface area contributed by atoms with Crippen molar-refractivity contribution in [3.05, 3.63) is 61.7 Å². The highest BCUT2D eigenvalue weighted by Gasteiger charge is 2.45. The molecule has 1 atom stereocenters. The van der Waals surface area contributed by atoms with E-state index in [1.807, 2.05) is 6.92 Å². The molecule has 0 saturated carbocycles. The molecule has 1 aromatic carbocycles. The van der Waals surface area contributed by atoms with Crippen LogP contribution in [0.4, 0.5) is 4.39 Å². The van der Waals surface area contributed by atoms with Gasteiger partial charge in [-0.1, -0.05) is 13.8 Å². The summed E-state index contributed by atoms with van der Waals surface area (Å²) in [5, 5.41) is 21.2. The lowest BCUT2D eigenvalue weighted by Crippen LogP contribution is -2.44. The molecule has 0 aliphatic carbocycles. The monoisotopic (exact) mass is 480 g/mol. The molecule has 8 heteroatoms. The summed E-state index contributed by atoms with van der Waals surface area (Å²) >= 11 is 0. The summed E-state index contributed by atoms with van der Waals surface area (Å²) in [5.41, 5.74) is 3.35. The molecule has 5 rings (SSSR count). The number of halogens is 1. The molecule has 0 saturated heterocycles. The van der Waals surface area contributed by atoms with Gasteiger partial charge >= 0.3 is 5.97 Å². The highest BCUT2D eigenvalue weighted by molar-refractivity contribution is 5.92. The van der Waals surface area contributed by atoms with E-state index in [9.17, 15) is 24.2 Å². The Morgan fingerprint density at radius 2 is 1.94 bits per heavy atom. The third kappa shape index (κ3) is 3.34. The van der Waals surface area contributed by atoms with Crippen molar-refractivity contribution in [2.24, 2.45) is 0 Å². The zero-order chi connectivity index (χ0) is 25.1. The molecule has 4 heterocycles. The van der Waals surface area contributed by atoms with Gasteiger partial charge in [-0.3, -0.25) is 4.79 Å². The van der Waals surface area contributed by atoms with Crippen LogP contribution in [0.15, 0.2) is 16.9 Å². The molecular formula is C27H29FN2O5. The molecule has 2 aliphatic rings. The smallest absolute Gasteiger partial charge is 0.343 e. The number of carbonyl (C=O) groups excluding carboxylic acids is 1. The van der Waals surface area contributed by atoms with Crippen molar-refractivity contribution in [1.29, 1.82) is 0 Å². The van der Waals surface area contributed by atoms with E-state index in [4.69, 9.17) is 9.72 Å². The molecule has 2 N–H and O–H groups in total. The van der Waals surface area contributed by atoms with Crippen LogP contribution in [0.1, 0.15) is 66.5 Å². The summed E-state index contributed by atoms with van der Waals surface area (Å²) in [6.45, 7) is 5.69. The minimum Gasteiger partial charge on any atom is -0.458 e. The van der Waals surface area contributed by atoms with Crippen LogP contribution in [0, 0.1) is 12.7 Å². The Labute approximate surface area is 202 Å². The van der Waals surface area contributed by atoms with Crippen LogP contribution in [-0.4, -0.2) is 32.3 Å². The molecule has 0 fully saturated rings. The van der Waals surface area contributed by atoms with Crippen LogP contribution in [0.25, 0.3) is 22.3 Å². The summed E-state index contributed by atoms with van der Waals surface area (Å²) in [5.74, 6) is -1.10.